The number of nitrogens with one attached hydrogen (secondary N) is 1. The summed E-state index contributed by atoms with van der Waals surface area (Å²) in [7, 11) is 0. The van der Waals surface area contributed by atoms with Crippen molar-refractivity contribution < 1.29 is 0 Å². The zero-order chi connectivity index (χ0) is 6.57. The Bertz CT molecular complexity index is 110. The molecule has 0 aromatic rings. The first kappa shape index (κ1) is 7.08. The van der Waals surface area contributed by atoms with Crippen molar-refractivity contribution in [2.24, 2.45) is 5.73 Å². The van der Waals surface area contributed by atoms with Crippen LogP contribution in [-0.2, 0) is 0 Å². The molecule has 0 aliphatic rings. The highest BCUT2D eigenvalue weighted by Gasteiger charge is 1.83. The summed E-state index contributed by atoms with van der Waals surface area (Å²) in [4.78, 5) is 0. The van der Waals surface area contributed by atoms with Gasteiger partial charge in [-0.1, -0.05) is 6.58 Å². The molecule has 0 spiro atoms. The quantitative estimate of drug-likeness (QED) is 0.557. The van der Waals surface area contributed by atoms with Crippen LogP contribution in [0.5, 0.6) is 0 Å². The highest BCUT2D eigenvalue weighted by atomic mass is 15.0. The largest absolute Gasteiger partial charge is 0.385 e. The van der Waals surface area contributed by atoms with Crippen LogP contribution in [0.3, 0.4) is 0 Å². The number of nitrogens with two attached hydrogens (primary N) is 1. The SMILES string of the molecule is C=CNC(N)=C(C)C. The minimum absolute atomic E-state index is 0.681. The van der Waals surface area contributed by atoms with Crippen LogP contribution in [0.1, 0.15) is 13.8 Å². The fourth-order valence-corrected chi connectivity index (χ4v) is 0.254. The Hall–Kier alpha value is -0.920. The molecule has 3 N–H and O–H groups in total. The van der Waals surface area contributed by atoms with E-state index in [1.54, 1.807) is 6.20 Å². The third kappa shape index (κ3) is 2.29. The van der Waals surface area contributed by atoms with Gasteiger partial charge in [-0.25, -0.2) is 0 Å². The van der Waals surface area contributed by atoms with Gasteiger partial charge in [-0.15, -0.1) is 0 Å². The van der Waals surface area contributed by atoms with Crippen molar-refractivity contribution in [3.8, 4) is 0 Å². The van der Waals surface area contributed by atoms with E-state index < -0.39 is 0 Å². The summed E-state index contributed by atoms with van der Waals surface area (Å²) < 4.78 is 0. The van der Waals surface area contributed by atoms with Gasteiger partial charge in [0.2, 0.25) is 0 Å². The molecule has 0 unspecified atom stereocenters. The van der Waals surface area contributed by atoms with Crippen molar-refractivity contribution in [1.82, 2.24) is 5.32 Å². The average Bonchev–Trinajstić information content (AvgIpc) is 1.67. The second kappa shape index (κ2) is 3.13. The van der Waals surface area contributed by atoms with Gasteiger partial charge in [-0.05, 0) is 25.6 Å². The maximum atomic E-state index is 5.42. The lowest BCUT2D eigenvalue weighted by molar-refractivity contribution is 0.989. The molecule has 0 rings (SSSR count). The maximum Gasteiger partial charge on any atom is 0.0985 e. The third-order valence-corrected chi connectivity index (χ3v) is 0.796. The van der Waals surface area contributed by atoms with Gasteiger partial charge < -0.3 is 11.1 Å². The van der Waals surface area contributed by atoms with Gasteiger partial charge in [0.1, 0.15) is 0 Å². The number of allylic oxidation sites excluding steroid dienone is 1. The Morgan fingerprint density at radius 2 is 2.12 bits per heavy atom. The van der Waals surface area contributed by atoms with Crippen LogP contribution < -0.4 is 11.1 Å². The van der Waals surface area contributed by atoms with Crippen LogP contribution in [0.15, 0.2) is 24.2 Å². The van der Waals surface area contributed by atoms with Gasteiger partial charge in [0.15, 0.2) is 0 Å². The molecule has 0 aliphatic carbocycles. The van der Waals surface area contributed by atoms with Crippen LogP contribution in [0.25, 0.3) is 0 Å². The van der Waals surface area contributed by atoms with Crippen molar-refractivity contribution in [3.63, 3.8) is 0 Å². The van der Waals surface area contributed by atoms with Gasteiger partial charge in [0, 0.05) is 0 Å². The second-order valence-corrected chi connectivity index (χ2v) is 1.76. The molecule has 2 heteroatoms. The first-order chi connectivity index (χ1) is 3.68. The molecule has 0 aliphatic heterocycles. The minimum Gasteiger partial charge on any atom is -0.385 e. The first-order valence-corrected chi connectivity index (χ1v) is 2.49. The Kier molecular flexibility index (Phi) is 2.77. The number of rotatable bonds is 2. The van der Waals surface area contributed by atoms with E-state index in [4.69, 9.17) is 5.73 Å². The van der Waals surface area contributed by atoms with Crippen LogP contribution >= 0.6 is 0 Å². The fraction of sp³-hybridized carbons (Fsp3) is 0.333. The summed E-state index contributed by atoms with van der Waals surface area (Å²) in [5.41, 5.74) is 6.50. The first-order valence-electron chi connectivity index (χ1n) is 2.49. The van der Waals surface area contributed by atoms with Crippen LogP contribution in [0.4, 0.5) is 0 Å². The van der Waals surface area contributed by atoms with E-state index in [1.807, 2.05) is 13.8 Å². The predicted molar refractivity (Wildman–Crippen MR) is 35.9 cm³/mol. The van der Waals surface area contributed by atoms with E-state index in [2.05, 4.69) is 11.9 Å². The molecular formula is C6H12N2. The van der Waals surface area contributed by atoms with Crippen LogP contribution in [0.2, 0.25) is 0 Å². The zero-order valence-corrected chi connectivity index (χ0v) is 5.36. The molecule has 0 fully saturated rings. The van der Waals surface area contributed by atoms with E-state index in [1.165, 1.54) is 0 Å². The topological polar surface area (TPSA) is 38.0 Å². The molecule has 0 radical (unpaired) electrons. The molecule has 0 saturated carbocycles. The lowest BCUT2D eigenvalue weighted by atomic mass is 10.3. The summed E-state index contributed by atoms with van der Waals surface area (Å²) in [5, 5.41) is 2.77. The van der Waals surface area contributed by atoms with E-state index >= 15 is 0 Å². The van der Waals surface area contributed by atoms with E-state index in [0.717, 1.165) is 5.57 Å². The summed E-state index contributed by atoms with van der Waals surface area (Å²) >= 11 is 0. The molecule has 0 amide bonds. The molecule has 0 saturated heterocycles. The predicted octanol–water partition coefficient (Wildman–Crippen LogP) is 0.930. The number of hydrogen-bond donors (Lipinski definition) is 2. The second-order valence-electron chi connectivity index (χ2n) is 1.76. The van der Waals surface area contributed by atoms with E-state index in [0.29, 0.717) is 5.82 Å². The van der Waals surface area contributed by atoms with Gasteiger partial charge >= 0.3 is 0 Å². The highest BCUT2D eigenvalue weighted by Crippen LogP contribution is 1.89. The normalized spacial score (nSPS) is 7.75. The Balaban J connectivity index is 3.79. The number of hydrogen-bond acceptors (Lipinski definition) is 2. The summed E-state index contributed by atoms with van der Waals surface area (Å²) in [6.45, 7) is 7.33. The van der Waals surface area contributed by atoms with E-state index in [-0.39, 0.29) is 0 Å². The highest BCUT2D eigenvalue weighted by molar-refractivity contribution is 5.04. The van der Waals surface area contributed by atoms with Gasteiger partial charge in [0.05, 0.1) is 5.82 Å². The lowest BCUT2D eigenvalue weighted by Crippen LogP contribution is -2.14. The summed E-state index contributed by atoms with van der Waals surface area (Å²) in [5.74, 6) is 0.681. The van der Waals surface area contributed by atoms with Gasteiger partial charge in [-0.2, -0.15) is 0 Å². The molecule has 0 heterocycles. The van der Waals surface area contributed by atoms with Crippen molar-refractivity contribution in [2.75, 3.05) is 0 Å². The van der Waals surface area contributed by atoms with Crippen LogP contribution in [-0.4, -0.2) is 0 Å². The minimum atomic E-state index is 0.681. The molecule has 0 aromatic heterocycles. The van der Waals surface area contributed by atoms with Gasteiger partial charge in [-0.3, -0.25) is 0 Å². The molecular weight excluding hydrogens is 100 g/mol. The van der Waals surface area contributed by atoms with Crippen molar-refractivity contribution in [1.29, 1.82) is 0 Å². The van der Waals surface area contributed by atoms with Crippen LogP contribution in [0, 0.1) is 0 Å². The van der Waals surface area contributed by atoms with Crippen molar-refractivity contribution in [2.45, 2.75) is 13.8 Å². The summed E-state index contributed by atoms with van der Waals surface area (Å²) in [6, 6.07) is 0. The Morgan fingerprint density at radius 3 is 2.25 bits per heavy atom. The van der Waals surface area contributed by atoms with Crippen molar-refractivity contribution in [3.05, 3.63) is 24.2 Å². The molecule has 2 nitrogen and oxygen atoms in total. The monoisotopic (exact) mass is 112 g/mol. The molecule has 0 atom stereocenters. The molecule has 0 aromatic carbocycles. The Labute approximate surface area is 50.1 Å². The Morgan fingerprint density at radius 1 is 1.62 bits per heavy atom. The average molecular weight is 112 g/mol. The standard InChI is InChI=1S/C6H12N2/c1-4-8-6(7)5(2)3/h4,8H,1,7H2,2-3H3. The smallest absolute Gasteiger partial charge is 0.0985 e. The molecule has 46 valence electrons. The van der Waals surface area contributed by atoms with Crippen molar-refractivity contribution >= 4 is 0 Å². The van der Waals surface area contributed by atoms with E-state index in [9.17, 15) is 0 Å². The summed E-state index contributed by atoms with van der Waals surface area (Å²) in [6.07, 6.45) is 1.56. The molecule has 8 heavy (non-hydrogen) atoms. The molecule has 0 bridgehead atoms. The van der Waals surface area contributed by atoms with Gasteiger partial charge in [0.25, 0.3) is 0 Å². The fourth-order valence-electron chi connectivity index (χ4n) is 0.254. The zero-order valence-electron chi connectivity index (χ0n) is 5.36. The maximum absolute atomic E-state index is 5.42. The third-order valence-electron chi connectivity index (χ3n) is 0.796. The lowest BCUT2D eigenvalue weighted by Gasteiger charge is -1.99.